The monoisotopic (exact) mass is 163 g/mol. The normalized spacial score (nSPS) is 10.3. The number of para-hydroxylation sites is 1. The number of benzene rings is 1. The number of rotatable bonds is 0. The Morgan fingerprint density at radius 3 is 2.75 bits per heavy atom. The molecule has 1 N–H and O–H groups in total. The van der Waals surface area contributed by atoms with Gasteiger partial charge >= 0.3 is 5.63 Å². The first-order valence-corrected chi connectivity index (χ1v) is 3.39. The molecule has 0 amide bonds. The van der Waals surface area contributed by atoms with Crippen LogP contribution in [0.4, 0.5) is 0 Å². The first kappa shape index (κ1) is 6.84. The zero-order chi connectivity index (χ0) is 8.55. The van der Waals surface area contributed by atoms with Crippen LogP contribution < -0.4 is 11.1 Å². The minimum atomic E-state index is -0.867. The molecule has 0 atom stereocenters. The van der Waals surface area contributed by atoms with Gasteiger partial charge in [-0.25, -0.2) is 9.95 Å². The molecule has 0 bridgehead atoms. The number of fused-ring (bicyclic) bond motifs is 1. The third-order valence-corrected chi connectivity index (χ3v) is 1.61. The van der Waals surface area contributed by atoms with E-state index in [0.717, 1.165) is 0 Å². The van der Waals surface area contributed by atoms with Gasteiger partial charge < -0.3 is 4.52 Å². The number of H-pyrrole nitrogens is 1. The standard InChI is InChI=1S/C8H5NO3/c10-7-5-3-1-2-4-6(5)9-12-8(7)11/h1-4,9H. The molecule has 0 unspecified atom stereocenters. The van der Waals surface area contributed by atoms with Crippen LogP contribution in [0, 0.1) is 0 Å². The van der Waals surface area contributed by atoms with Gasteiger partial charge in [0.2, 0.25) is 0 Å². The molecule has 1 heterocycles. The maximum Gasteiger partial charge on any atom is 0.403 e. The van der Waals surface area contributed by atoms with Crippen LogP contribution >= 0.6 is 0 Å². The van der Waals surface area contributed by atoms with Gasteiger partial charge in [-0.3, -0.25) is 4.79 Å². The Kier molecular flexibility index (Phi) is 1.33. The fourth-order valence-corrected chi connectivity index (χ4v) is 1.03. The van der Waals surface area contributed by atoms with Crippen LogP contribution in [-0.2, 0) is 0 Å². The van der Waals surface area contributed by atoms with Crippen molar-refractivity contribution in [2.24, 2.45) is 0 Å². The molecule has 12 heavy (non-hydrogen) atoms. The molecule has 0 fully saturated rings. The highest BCUT2D eigenvalue weighted by Crippen LogP contribution is 2.01. The Bertz CT molecular complexity index is 523. The Morgan fingerprint density at radius 1 is 1.17 bits per heavy atom. The van der Waals surface area contributed by atoms with Gasteiger partial charge in [-0.05, 0) is 12.1 Å². The zero-order valence-corrected chi connectivity index (χ0v) is 6.03. The quantitative estimate of drug-likeness (QED) is 0.574. The van der Waals surface area contributed by atoms with Crippen LogP contribution in [0.15, 0.2) is 38.4 Å². The van der Waals surface area contributed by atoms with Gasteiger partial charge in [-0.2, -0.15) is 0 Å². The maximum absolute atomic E-state index is 11.1. The third kappa shape index (κ3) is 0.852. The Morgan fingerprint density at radius 2 is 1.92 bits per heavy atom. The van der Waals surface area contributed by atoms with E-state index in [1.165, 1.54) is 0 Å². The van der Waals surface area contributed by atoms with Crippen LogP contribution in [0.1, 0.15) is 0 Å². The average Bonchev–Trinajstić information content (AvgIpc) is 2.12. The van der Waals surface area contributed by atoms with Crippen molar-refractivity contribution in [3.05, 3.63) is 44.9 Å². The number of aromatic nitrogens is 1. The number of hydrogen-bond acceptors (Lipinski definition) is 3. The van der Waals surface area contributed by atoms with Crippen molar-refractivity contribution in [1.29, 1.82) is 0 Å². The molecule has 0 aliphatic heterocycles. The summed E-state index contributed by atoms with van der Waals surface area (Å²) < 4.78 is 4.38. The summed E-state index contributed by atoms with van der Waals surface area (Å²) in [6.45, 7) is 0. The first-order valence-electron chi connectivity index (χ1n) is 3.39. The Hall–Kier alpha value is -1.84. The van der Waals surface area contributed by atoms with Crippen LogP contribution in [0.25, 0.3) is 10.9 Å². The van der Waals surface area contributed by atoms with Gasteiger partial charge in [-0.15, -0.1) is 0 Å². The van der Waals surface area contributed by atoms with E-state index in [4.69, 9.17) is 0 Å². The smallest absolute Gasteiger partial charge is 0.335 e. The molecule has 0 saturated carbocycles. The lowest BCUT2D eigenvalue weighted by Gasteiger charge is -1.91. The zero-order valence-electron chi connectivity index (χ0n) is 6.03. The summed E-state index contributed by atoms with van der Waals surface area (Å²) in [4.78, 5) is 21.8. The second kappa shape index (κ2) is 2.34. The summed E-state index contributed by atoms with van der Waals surface area (Å²) in [5.41, 5.74) is -0.944. The van der Waals surface area contributed by atoms with Crippen molar-refractivity contribution in [3.8, 4) is 0 Å². The van der Waals surface area contributed by atoms with E-state index in [9.17, 15) is 9.59 Å². The molecule has 1 aromatic heterocycles. The van der Waals surface area contributed by atoms with Crippen molar-refractivity contribution in [1.82, 2.24) is 5.16 Å². The van der Waals surface area contributed by atoms with Crippen molar-refractivity contribution >= 4 is 10.9 Å². The molecule has 2 rings (SSSR count). The second-order valence-corrected chi connectivity index (χ2v) is 2.37. The highest BCUT2D eigenvalue weighted by molar-refractivity contribution is 5.76. The summed E-state index contributed by atoms with van der Waals surface area (Å²) in [5.74, 6) is 0. The summed E-state index contributed by atoms with van der Waals surface area (Å²) in [7, 11) is 0. The van der Waals surface area contributed by atoms with E-state index >= 15 is 0 Å². The van der Waals surface area contributed by atoms with Crippen LogP contribution in [0.3, 0.4) is 0 Å². The average molecular weight is 163 g/mol. The molecule has 0 aliphatic carbocycles. The molecule has 0 radical (unpaired) electrons. The molecule has 60 valence electrons. The number of aromatic amines is 1. The van der Waals surface area contributed by atoms with Gasteiger partial charge in [0.25, 0.3) is 5.43 Å². The lowest BCUT2D eigenvalue weighted by molar-refractivity contribution is 0.378. The van der Waals surface area contributed by atoms with Gasteiger partial charge in [0.05, 0.1) is 10.9 Å². The van der Waals surface area contributed by atoms with E-state index in [0.29, 0.717) is 10.9 Å². The molecule has 4 nitrogen and oxygen atoms in total. The molecule has 2 aromatic rings. The van der Waals surface area contributed by atoms with Gasteiger partial charge in [0, 0.05) is 0 Å². The molecular formula is C8H5NO3. The minimum Gasteiger partial charge on any atom is -0.335 e. The van der Waals surface area contributed by atoms with E-state index in [2.05, 4.69) is 9.68 Å². The predicted molar refractivity (Wildman–Crippen MR) is 43.1 cm³/mol. The van der Waals surface area contributed by atoms with E-state index < -0.39 is 11.1 Å². The minimum absolute atomic E-state index is 0.355. The SMILES string of the molecule is O=c1o[nH]c2ccccc2c1=O. The summed E-state index contributed by atoms with van der Waals surface area (Å²) >= 11 is 0. The van der Waals surface area contributed by atoms with Gasteiger partial charge in [0.15, 0.2) is 0 Å². The first-order chi connectivity index (χ1) is 5.79. The largest absolute Gasteiger partial charge is 0.403 e. The Balaban J connectivity index is 3.11. The van der Waals surface area contributed by atoms with Gasteiger partial charge in [0.1, 0.15) is 0 Å². The van der Waals surface area contributed by atoms with E-state index in [1.54, 1.807) is 24.3 Å². The molecule has 4 heteroatoms. The topological polar surface area (TPSA) is 63.1 Å². The van der Waals surface area contributed by atoms with Gasteiger partial charge in [-0.1, -0.05) is 12.1 Å². The molecule has 0 saturated heterocycles. The van der Waals surface area contributed by atoms with Crippen LogP contribution in [0.5, 0.6) is 0 Å². The maximum atomic E-state index is 11.1. The number of nitrogens with one attached hydrogen (secondary N) is 1. The van der Waals surface area contributed by atoms with E-state index in [1.807, 2.05) is 0 Å². The molecule has 0 spiro atoms. The number of hydrogen-bond donors (Lipinski definition) is 1. The third-order valence-electron chi connectivity index (χ3n) is 1.61. The van der Waals surface area contributed by atoms with Crippen molar-refractivity contribution < 1.29 is 4.52 Å². The van der Waals surface area contributed by atoms with Crippen LogP contribution in [0.2, 0.25) is 0 Å². The van der Waals surface area contributed by atoms with E-state index in [-0.39, 0.29) is 0 Å². The molecular weight excluding hydrogens is 158 g/mol. The summed E-state index contributed by atoms with van der Waals surface area (Å²) in [6, 6.07) is 6.68. The highest BCUT2D eigenvalue weighted by atomic mass is 16.5. The van der Waals surface area contributed by atoms with Crippen LogP contribution in [-0.4, -0.2) is 5.16 Å². The fourth-order valence-electron chi connectivity index (χ4n) is 1.03. The lowest BCUT2D eigenvalue weighted by atomic mass is 10.2. The van der Waals surface area contributed by atoms with Crippen molar-refractivity contribution in [2.45, 2.75) is 0 Å². The van der Waals surface area contributed by atoms with Crippen molar-refractivity contribution in [2.75, 3.05) is 0 Å². The Labute approximate surface area is 66.4 Å². The van der Waals surface area contributed by atoms with Crippen molar-refractivity contribution in [3.63, 3.8) is 0 Å². The summed E-state index contributed by atoms with van der Waals surface area (Å²) in [5, 5.41) is 2.73. The highest BCUT2D eigenvalue weighted by Gasteiger charge is 2.01. The predicted octanol–water partition coefficient (Wildman–Crippen LogP) is 0.481. The molecule has 1 aromatic carbocycles. The molecule has 0 aliphatic rings. The summed E-state index contributed by atoms with van der Waals surface area (Å²) in [6.07, 6.45) is 0. The fraction of sp³-hybridized carbons (Fsp3) is 0. The second-order valence-electron chi connectivity index (χ2n) is 2.37. The lowest BCUT2D eigenvalue weighted by Crippen LogP contribution is -2.23.